The lowest BCUT2D eigenvalue weighted by Gasteiger charge is -2.37. The second kappa shape index (κ2) is 8.88. The molecule has 0 unspecified atom stereocenters. The number of carbonyl (C=O) groups excluding carboxylic acids is 3. The molecule has 1 aliphatic carbocycles. The summed E-state index contributed by atoms with van der Waals surface area (Å²) in [5.41, 5.74) is 0.677. The Morgan fingerprint density at radius 1 is 1.25 bits per heavy atom. The first-order chi connectivity index (χ1) is 17.1. The summed E-state index contributed by atoms with van der Waals surface area (Å²) < 4.78 is 0. The van der Waals surface area contributed by atoms with Gasteiger partial charge >= 0.3 is 6.17 Å². The first kappa shape index (κ1) is 24.8. The molecule has 0 aromatic heterocycles. The average Bonchev–Trinajstić information content (AvgIpc) is 3.22. The van der Waals surface area contributed by atoms with Crippen molar-refractivity contribution in [3.05, 3.63) is 41.2 Å². The molecule has 3 aliphatic heterocycles. The summed E-state index contributed by atoms with van der Waals surface area (Å²) in [4.78, 5) is 50.4. The first-order valence-corrected chi connectivity index (χ1v) is 13.2. The van der Waals surface area contributed by atoms with E-state index in [1.807, 2.05) is 38.1 Å². The largest absolute Gasteiger partial charge is 0.332 e. The second-order valence-electron chi connectivity index (χ2n) is 11.9. The van der Waals surface area contributed by atoms with Crippen LogP contribution in [0.25, 0.3) is 4.85 Å². The van der Waals surface area contributed by atoms with Crippen molar-refractivity contribution in [3.63, 3.8) is 0 Å². The SMILES string of the molecule is [C-]#[N+][C@@H]1C[C@@]2(CN1C(=O)[C@H](CC(C)C)N(C)C(=O)[C@@H]1[C@@H]3C[C@@H]3CN1C(C)C)C(=O)Nc1ccccc12. The third-order valence-corrected chi connectivity index (χ3v) is 8.79. The van der Waals surface area contributed by atoms with Gasteiger partial charge in [0.15, 0.2) is 0 Å². The van der Waals surface area contributed by atoms with Crippen LogP contribution in [0.15, 0.2) is 24.3 Å². The molecule has 0 bridgehead atoms. The zero-order valence-electron chi connectivity index (χ0n) is 21.9. The van der Waals surface area contributed by atoms with Gasteiger partial charge in [-0.15, -0.1) is 0 Å². The Hall–Kier alpha value is -2.92. The van der Waals surface area contributed by atoms with E-state index in [1.165, 1.54) is 0 Å². The molecule has 1 saturated carbocycles. The molecule has 3 heterocycles. The van der Waals surface area contributed by atoms with Crippen LogP contribution < -0.4 is 5.32 Å². The number of anilines is 1. The lowest BCUT2D eigenvalue weighted by Crippen LogP contribution is -2.56. The van der Waals surface area contributed by atoms with Crippen molar-refractivity contribution in [1.82, 2.24) is 14.7 Å². The summed E-state index contributed by atoms with van der Waals surface area (Å²) >= 11 is 0. The number of nitrogens with zero attached hydrogens (tertiary/aromatic N) is 4. The molecule has 8 nitrogen and oxygen atoms in total. The lowest BCUT2D eigenvalue weighted by molar-refractivity contribution is -0.148. The number of likely N-dealkylation sites (tertiary alicyclic amines) is 2. The fraction of sp³-hybridized carbons (Fsp3) is 0.643. The van der Waals surface area contributed by atoms with Crippen molar-refractivity contribution in [2.24, 2.45) is 17.8 Å². The van der Waals surface area contributed by atoms with Crippen LogP contribution >= 0.6 is 0 Å². The van der Waals surface area contributed by atoms with Gasteiger partial charge in [0.1, 0.15) is 11.5 Å². The van der Waals surface area contributed by atoms with E-state index in [0.717, 1.165) is 24.2 Å². The summed E-state index contributed by atoms with van der Waals surface area (Å²) in [5, 5.41) is 2.95. The highest BCUT2D eigenvalue weighted by atomic mass is 16.2. The van der Waals surface area contributed by atoms with E-state index in [2.05, 4.69) is 28.9 Å². The third kappa shape index (κ3) is 3.80. The van der Waals surface area contributed by atoms with Gasteiger partial charge in [-0.3, -0.25) is 29.0 Å². The van der Waals surface area contributed by atoms with Gasteiger partial charge < -0.3 is 10.2 Å². The minimum absolute atomic E-state index is 0.00456. The van der Waals surface area contributed by atoms with Crippen molar-refractivity contribution in [2.45, 2.75) is 76.7 Å². The van der Waals surface area contributed by atoms with Gasteiger partial charge in [0, 0.05) is 31.9 Å². The summed E-state index contributed by atoms with van der Waals surface area (Å²) in [6.45, 7) is 17.3. The van der Waals surface area contributed by atoms with E-state index in [1.54, 1.807) is 16.8 Å². The van der Waals surface area contributed by atoms with E-state index in [-0.39, 0.29) is 48.7 Å². The molecule has 1 N–H and O–H groups in total. The quantitative estimate of drug-likeness (QED) is 0.621. The highest BCUT2D eigenvalue weighted by molar-refractivity contribution is 6.07. The molecule has 3 amide bonds. The molecule has 0 radical (unpaired) electrons. The minimum atomic E-state index is -0.923. The molecular weight excluding hydrogens is 454 g/mol. The molecule has 1 spiro atoms. The Balaban J connectivity index is 1.42. The number of benzene rings is 1. The minimum Gasteiger partial charge on any atom is -0.332 e. The average molecular weight is 492 g/mol. The van der Waals surface area contributed by atoms with E-state index in [0.29, 0.717) is 18.3 Å². The molecule has 4 aliphatic rings. The Morgan fingerprint density at radius 2 is 1.97 bits per heavy atom. The van der Waals surface area contributed by atoms with Crippen LogP contribution in [0.3, 0.4) is 0 Å². The number of carbonyl (C=O) groups is 3. The summed E-state index contributed by atoms with van der Waals surface area (Å²) in [7, 11) is 1.75. The molecule has 8 heteroatoms. The highest BCUT2D eigenvalue weighted by Crippen LogP contribution is 2.51. The van der Waals surface area contributed by atoms with Crippen molar-refractivity contribution in [2.75, 3.05) is 25.5 Å². The molecule has 6 atom stereocenters. The fourth-order valence-electron chi connectivity index (χ4n) is 6.74. The number of piperidine rings is 1. The maximum atomic E-state index is 14.1. The van der Waals surface area contributed by atoms with Gasteiger partial charge in [0.25, 0.3) is 5.91 Å². The number of nitrogens with one attached hydrogen (secondary N) is 1. The number of hydrogen-bond donors (Lipinski definition) is 1. The monoisotopic (exact) mass is 491 g/mol. The van der Waals surface area contributed by atoms with Gasteiger partial charge in [-0.2, -0.15) is 0 Å². The standard InChI is InChI=1S/C28H37N5O3/c1-16(2)11-22(31(6)26(35)24-19-12-18(19)14-32(24)17(3)4)25(34)33-15-28(13-23(33)29-5)20-9-7-8-10-21(20)30-27(28)36/h7-10,16-19,22-24H,11-15H2,1-4,6H3,(H,30,36)/t18-,19-,22+,23+,24+,28+/m1/s1. The molecule has 5 rings (SSSR count). The number of amides is 3. The Kier molecular flexibility index (Phi) is 6.11. The number of fused-ring (bicyclic) bond motifs is 3. The highest BCUT2D eigenvalue weighted by Gasteiger charge is 2.60. The lowest BCUT2D eigenvalue weighted by atomic mass is 9.80. The van der Waals surface area contributed by atoms with E-state index < -0.39 is 17.6 Å². The van der Waals surface area contributed by atoms with Gasteiger partial charge in [0.05, 0.1) is 12.5 Å². The van der Waals surface area contributed by atoms with Gasteiger partial charge in [0.2, 0.25) is 11.8 Å². The molecule has 36 heavy (non-hydrogen) atoms. The first-order valence-electron chi connectivity index (χ1n) is 13.2. The number of hydrogen-bond acceptors (Lipinski definition) is 4. The van der Waals surface area contributed by atoms with Crippen LogP contribution in [0.5, 0.6) is 0 Å². The van der Waals surface area contributed by atoms with Crippen LogP contribution in [-0.2, 0) is 19.8 Å². The molecule has 192 valence electrons. The van der Waals surface area contributed by atoms with E-state index in [9.17, 15) is 14.4 Å². The zero-order valence-corrected chi connectivity index (χ0v) is 21.9. The van der Waals surface area contributed by atoms with E-state index >= 15 is 0 Å². The predicted molar refractivity (Wildman–Crippen MR) is 137 cm³/mol. The zero-order chi connectivity index (χ0) is 25.9. The maximum Gasteiger partial charge on any atom is 0.302 e. The van der Waals surface area contributed by atoms with Gasteiger partial charge in [-0.25, -0.2) is 6.57 Å². The smallest absolute Gasteiger partial charge is 0.302 e. The van der Waals surface area contributed by atoms with Gasteiger partial charge in [-0.1, -0.05) is 32.0 Å². The van der Waals surface area contributed by atoms with Gasteiger partial charge in [-0.05, 0) is 56.1 Å². The Morgan fingerprint density at radius 3 is 2.64 bits per heavy atom. The second-order valence-corrected chi connectivity index (χ2v) is 11.9. The summed E-state index contributed by atoms with van der Waals surface area (Å²) in [5.74, 6) is 0.768. The normalized spacial score (nSPS) is 31.4. The van der Waals surface area contributed by atoms with Crippen LogP contribution in [0.2, 0.25) is 0 Å². The topological polar surface area (TPSA) is 77.3 Å². The van der Waals surface area contributed by atoms with Crippen molar-refractivity contribution >= 4 is 23.4 Å². The summed E-state index contributed by atoms with van der Waals surface area (Å²) in [6, 6.07) is 6.95. The number of likely N-dealkylation sites (N-methyl/N-ethyl adjacent to an activating group) is 1. The van der Waals surface area contributed by atoms with Crippen LogP contribution in [0.1, 0.15) is 52.5 Å². The fourth-order valence-corrected chi connectivity index (χ4v) is 6.74. The van der Waals surface area contributed by atoms with Crippen LogP contribution in [0, 0.1) is 24.3 Å². The van der Waals surface area contributed by atoms with Crippen molar-refractivity contribution < 1.29 is 14.4 Å². The van der Waals surface area contributed by atoms with Crippen molar-refractivity contribution in [3.8, 4) is 0 Å². The number of para-hydroxylation sites is 1. The molecular formula is C28H37N5O3. The van der Waals surface area contributed by atoms with Crippen LogP contribution in [-0.4, -0.2) is 76.8 Å². The Bertz CT molecular complexity index is 1130. The Labute approximate surface area is 213 Å². The molecule has 1 aromatic carbocycles. The van der Waals surface area contributed by atoms with Crippen LogP contribution in [0.4, 0.5) is 5.69 Å². The van der Waals surface area contributed by atoms with Crippen molar-refractivity contribution in [1.29, 1.82) is 0 Å². The number of rotatable bonds is 6. The summed E-state index contributed by atoms with van der Waals surface area (Å²) in [6.07, 6.45) is 1.13. The predicted octanol–water partition coefficient (Wildman–Crippen LogP) is 2.96. The molecule has 1 aromatic rings. The molecule has 3 fully saturated rings. The molecule has 2 saturated heterocycles. The third-order valence-electron chi connectivity index (χ3n) is 8.79. The maximum absolute atomic E-state index is 14.1. The van der Waals surface area contributed by atoms with E-state index in [4.69, 9.17) is 6.57 Å².